The highest BCUT2D eigenvalue weighted by Gasteiger charge is 2.32. The van der Waals surface area contributed by atoms with Crippen LogP contribution in [-0.2, 0) is 29.1 Å². The molecule has 0 aliphatic carbocycles. The Morgan fingerprint density at radius 1 is 1.09 bits per heavy atom. The number of nitrogens with one attached hydrogen (secondary N) is 1. The van der Waals surface area contributed by atoms with Crippen LogP contribution in [0.5, 0.6) is 0 Å². The van der Waals surface area contributed by atoms with Crippen molar-refractivity contribution in [3.8, 4) is 0 Å². The van der Waals surface area contributed by atoms with Crippen LogP contribution in [0.1, 0.15) is 33.5 Å². The SMILES string of the molecule is CC(Sc1nc(C(C)(C)C)nc2c1c(=O)n(C)c(=O)n2C)C(=O)N1CC(=O)Nc2ccccc21. The van der Waals surface area contributed by atoms with Crippen LogP contribution in [0, 0.1) is 0 Å². The largest absolute Gasteiger partial charge is 0.332 e. The summed E-state index contributed by atoms with van der Waals surface area (Å²) in [5.74, 6) is -0.123. The molecule has 11 heteroatoms. The number of amides is 2. The van der Waals surface area contributed by atoms with Crippen molar-refractivity contribution in [1.82, 2.24) is 19.1 Å². The molecule has 1 atom stereocenters. The molecule has 1 N–H and O–H groups in total. The summed E-state index contributed by atoms with van der Waals surface area (Å²) in [5, 5.41) is 2.60. The number of carbonyl (C=O) groups is 2. The number of benzene rings is 1. The van der Waals surface area contributed by atoms with Gasteiger partial charge in [-0.1, -0.05) is 44.7 Å². The van der Waals surface area contributed by atoms with E-state index in [4.69, 9.17) is 0 Å². The number of thioether (sulfide) groups is 1. The summed E-state index contributed by atoms with van der Waals surface area (Å²) in [6.45, 7) is 7.40. The molecule has 3 heterocycles. The van der Waals surface area contributed by atoms with Crippen molar-refractivity contribution < 1.29 is 9.59 Å². The summed E-state index contributed by atoms with van der Waals surface area (Å²) in [5.41, 5.74) is -0.0811. The van der Waals surface area contributed by atoms with E-state index < -0.39 is 21.9 Å². The van der Waals surface area contributed by atoms with Crippen molar-refractivity contribution in [2.75, 3.05) is 16.8 Å². The number of aromatic nitrogens is 4. The van der Waals surface area contributed by atoms with Gasteiger partial charge in [0, 0.05) is 19.5 Å². The van der Waals surface area contributed by atoms with Crippen LogP contribution in [0.4, 0.5) is 11.4 Å². The lowest BCUT2D eigenvalue weighted by atomic mass is 9.96. The average Bonchev–Trinajstić information content (AvgIpc) is 2.79. The molecule has 1 aliphatic heterocycles. The first kappa shape index (κ1) is 23.7. The Morgan fingerprint density at radius 3 is 2.44 bits per heavy atom. The topological polar surface area (TPSA) is 119 Å². The molecule has 34 heavy (non-hydrogen) atoms. The predicted octanol–water partition coefficient (Wildman–Crippen LogP) is 1.79. The molecule has 0 saturated heterocycles. The molecule has 0 bridgehead atoms. The monoisotopic (exact) mass is 482 g/mol. The third kappa shape index (κ3) is 4.00. The van der Waals surface area contributed by atoms with Gasteiger partial charge in [-0.05, 0) is 19.1 Å². The Kier molecular flexibility index (Phi) is 5.84. The molecule has 10 nitrogen and oxygen atoms in total. The van der Waals surface area contributed by atoms with Crippen molar-refractivity contribution in [2.45, 2.75) is 43.4 Å². The second-order valence-electron chi connectivity index (χ2n) is 9.26. The van der Waals surface area contributed by atoms with E-state index >= 15 is 0 Å². The fourth-order valence-corrected chi connectivity index (χ4v) is 4.72. The van der Waals surface area contributed by atoms with E-state index in [0.717, 1.165) is 16.3 Å². The predicted molar refractivity (Wildman–Crippen MR) is 131 cm³/mol. The number of nitrogens with zero attached hydrogens (tertiary/aromatic N) is 5. The van der Waals surface area contributed by atoms with E-state index in [-0.39, 0.29) is 29.4 Å². The number of para-hydroxylation sites is 2. The maximum Gasteiger partial charge on any atom is 0.332 e. The van der Waals surface area contributed by atoms with Gasteiger partial charge in [-0.25, -0.2) is 14.8 Å². The van der Waals surface area contributed by atoms with E-state index in [9.17, 15) is 19.2 Å². The minimum Gasteiger partial charge on any atom is -0.323 e. The maximum absolute atomic E-state index is 13.4. The first-order chi connectivity index (χ1) is 15.9. The molecule has 4 rings (SSSR count). The van der Waals surface area contributed by atoms with Gasteiger partial charge in [0.25, 0.3) is 5.56 Å². The smallest absolute Gasteiger partial charge is 0.323 e. The Balaban J connectivity index is 1.82. The summed E-state index contributed by atoms with van der Waals surface area (Å²) < 4.78 is 2.32. The minimum absolute atomic E-state index is 0.102. The molecular weight excluding hydrogens is 456 g/mol. The van der Waals surface area contributed by atoms with Gasteiger partial charge >= 0.3 is 5.69 Å². The van der Waals surface area contributed by atoms with E-state index in [1.807, 2.05) is 20.8 Å². The van der Waals surface area contributed by atoms with Crippen molar-refractivity contribution >= 4 is 46.0 Å². The Labute approximate surface area is 200 Å². The van der Waals surface area contributed by atoms with Gasteiger partial charge in [0.15, 0.2) is 5.65 Å². The van der Waals surface area contributed by atoms with E-state index in [0.29, 0.717) is 22.2 Å². The lowest BCUT2D eigenvalue weighted by Gasteiger charge is -2.31. The molecule has 0 radical (unpaired) electrons. The van der Waals surface area contributed by atoms with Crippen LogP contribution in [0.2, 0.25) is 0 Å². The van der Waals surface area contributed by atoms with Crippen LogP contribution in [-0.4, -0.2) is 42.7 Å². The summed E-state index contributed by atoms with van der Waals surface area (Å²) in [6.07, 6.45) is 0. The Bertz CT molecular complexity index is 1450. The normalized spacial score (nSPS) is 14.6. The zero-order valence-corrected chi connectivity index (χ0v) is 20.7. The summed E-state index contributed by atoms with van der Waals surface area (Å²) in [4.78, 5) is 61.8. The number of anilines is 2. The quantitative estimate of drug-likeness (QED) is 0.446. The molecule has 1 aliphatic rings. The maximum atomic E-state index is 13.4. The van der Waals surface area contributed by atoms with Gasteiger partial charge in [0.2, 0.25) is 11.8 Å². The summed E-state index contributed by atoms with van der Waals surface area (Å²) in [6, 6.07) is 7.09. The second kappa shape index (κ2) is 8.39. The van der Waals surface area contributed by atoms with Crippen LogP contribution in [0.15, 0.2) is 38.9 Å². The first-order valence-electron chi connectivity index (χ1n) is 10.7. The molecule has 2 aromatic heterocycles. The van der Waals surface area contributed by atoms with Gasteiger partial charge < -0.3 is 5.32 Å². The molecule has 0 spiro atoms. The zero-order valence-electron chi connectivity index (χ0n) is 19.9. The van der Waals surface area contributed by atoms with Crippen LogP contribution in [0.3, 0.4) is 0 Å². The third-order valence-electron chi connectivity index (χ3n) is 5.61. The standard InChI is InChI=1S/C23H26N6O4S/c1-12(19(31)29-11-15(30)24-13-9-7-8-10-14(13)29)34-18-16-17(25-21(26-18)23(2,3)4)27(5)22(33)28(6)20(16)32/h7-10,12H,11H2,1-6H3,(H,24,30). The second-order valence-corrected chi connectivity index (χ2v) is 10.6. The van der Waals surface area contributed by atoms with Crippen molar-refractivity contribution in [3.05, 3.63) is 50.9 Å². The van der Waals surface area contributed by atoms with Gasteiger partial charge in [-0.15, -0.1) is 0 Å². The van der Waals surface area contributed by atoms with Crippen LogP contribution in [0.25, 0.3) is 11.0 Å². The number of fused-ring (bicyclic) bond motifs is 2. The first-order valence-corrected chi connectivity index (χ1v) is 11.6. The third-order valence-corrected chi connectivity index (χ3v) is 6.68. The van der Waals surface area contributed by atoms with Crippen LogP contribution < -0.4 is 21.5 Å². The van der Waals surface area contributed by atoms with Crippen molar-refractivity contribution in [3.63, 3.8) is 0 Å². The van der Waals surface area contributed by atoms with Gasteiger partial charge in [-0.3, -0.25) is 28.4 Å². The molecular formula is C23H26N6O4S. The van der Waals surface area contributed by atoms with E-state index in [2.05, 4.69) is 15.3 Å². The molecule has 1 aromatic carbocycles. The molecule has 178 valence electrons. The van der Waals surface area contributed by atoms with Crippen LogP contribution >= 0.6 is 11.8 Å². The number of aryl methyl sites for hydroxylation is 1. The number of rotatable bonds is 3. The molecule has 1 unspecified atom stereocenters. The van der Waals surface area contributed by atoms with E-state index in [1.54, 1.807) is 38.2 Å². The Hall–Kier alpha value is -3.47. The fourth-order valence-electron chi connectivity index (χ4n) is 3.72. The number of hydrogen-bond donors (Lipinski definition) is 1. The molecule has 0 fully saturated rings. The van der Waals surface area contributed by atoms with Gasteiger partial charge in [0.1, 0.15) is 22.8 Å². The number of hydrogen-bond acceptors (Lipinski definition) is 7. The van der Waals surface area contributed by atoms with Gasteiger partial charge in [-0.2, -0.15) is 0 Å². The lowest BCUT2D eigenvalue weighted by molar-refractivity contribution is -0.121. The highest BCUT2D eigenvalue weighted by molar-refractivity contribution is 8.00. The molecule has 3 aromatic rings. The highest BCUT2D eigenvalue weighted by Crippen LogP contribution is 2.34. The van der Waals surface area contributed by atoms with Gasteiger partial charge in [0.05, 0.1) is 16.6 Å². The lowest BCUT2D eigenvalue weighted by Crippen LogP contribution is -2.45. The van der Waals surface area contributed by atoms with E-state index in [1.165, 1.54) is 16.5 Å². The fraction of sp³-hybridized carbons (Fsp3) is 0.391. The Morgan fingerprint density at radius 2 is 1.76 bits per heavy atom. The molecule has 0 saturated carbocycles. The van der Waals surface area contributed by atoms with Crippen molar-refractivity contribution in [2.24, 2.45) is 14.1 Å². The van der Waals surface area contributed by atoms with Crippen molar-refractivity contribution in [1.29, 1.82) is 0 Å². The molecule has 2 amide bonds. The number of carbonyl (C=O) groups excluding carboxylic acids is 2. The zero-order chi connectivity index (χ0) is 24.9. The summed E-state index contributed by atoms with van der Waals surface area (Å²) in [7, 11) is 2.95. The summed E-state index contributed by atoms with van der Waals surface area (Å²) >= 11 is 1.12. The highest BCUT2D eigenvalue weighted by atomic mass is 32.2. The minimum atomic E-state index is -0.674. The average molecular weight is 483 g/mol.